The van der Waals surface area contributed by atoms with Crippen LogP contribution in [0.5, 0.6) is 0 Å². The summed E-state index contributed by atoms with van der Waals surface area (Å²) in [5.74, 6) is -0.949. The number of rotatable bonds is 2. The van der Waals surface area contributed by atoms with E-state index in [-0.39, 0.29) is 5.91 Å². The maximum absolute atomic E-state index is 11.3. The van der Waals surface area contributed by atoms with Crippen molar-refractivity contribution >= 4 is 11.6 Å². The molecule has 0 aliphatic carbocycles. The molecular formula is C10H12N2O. The van der Waals surface area contributed by atoms with Crippen molar-refractivity contribution in [1.29, 1.82) is 5.26 Å². The molecule has 0 aromatic rings. The van der Waals surface area contributed by atoms with E-state index in [0.29, 0.717) is 5.71 Å². The van der Waals surface area contributed by atoms with E-state index in [1.807, 2.05) is 19.1 Å². The summed E-state index contributed by atoms with van der Waals surface area (Å²) in [5, 5.41) is 8.76. The molecule has 68 valence electrons. The molecule has 1 unspecified atom stereocenters. The van der Waals surface area contributed by atoms with Crippen molar-refractivity contribution in [2.45, 2.75) is 26.7 Å². The highest BCUT2D eigenvalue weighted by Gasteiger charge is 2.24. The number of carbonyl (C=O) groups excluding carboxylic acids is 1. The van der Waals surface area contributed by atoms with Crippen molar-refractivity contribution in [3.05, 3.63) is 11.6 Å². The van der Waals surface area contributed by atoms with Gasteiger partial charge in [-0.05, 0) is 25.0 Å². The summed E-state index contributed by atoms with van der Waals surface area (Å²) >= 11 is 0. The third-order valence-corrected chi connectivity index (χ3v) is 1.97. The third kappa shape index (κ3) is 2.03. The molecule has 3 nitrogen and oxygen atoms in total. The van der Waals surface area contributed by atoms with Gasteiger partial charge in [-0.15, -0.1) is 0 Å². The number of amides is 1. The topological polar surface area (TPSA) is 53.2 Å². The molecule has 1 heterocycles. The van der Waals surface area contributed by atoms with Gasteiger partial charge in [-0.2, -0.15) is 5.26 Å². The Bertz CT molecular complexity index is 320. The van der Waals surface area contributed by atoms with Crippen molar-refractivity contribution in [2.24, 2.45) is 10.9 Å². The second-order valence-corrected chi connectivity index (χ2v) is 3.12. The number of hydrogen-bond donors (Lipinski definition) is 0. The fraction of sp³-hybridized carbons (Fsp3) is 0.500. The highest BCUT2D eigenvalue weighted by molar-refractivity contribution is 6.06. The van der Waals surface area contributed by atoms with E-state index in [1.54, 1.807) is 6.92 Å². The van der Waals surface area contributed by atoms with E-state index in [2.05, 4.69) is 4.99 Å². The maximum atomic E-state index is 11.3. The Morgan fingerprint density at radius 1 is 1.69 bits per heavy atom. The largest absolute Gasteiger partial charge is 0.271 e. The Morgan fingerprint density at radius 2 is 2.38 bits per heavy atom. The van der Waals surface area contributed by atoms with Crippen LogP contribution in [0.4, 0.5) is 0 Å². The lowest BCUT2D eigenvalue weighted by Crippen LogP contribution is -2.19. The quantitative estimate of drug-likeness (QED) is 0.644. The Morgan fingerprint density at radius 3 is 2.92 bits per heavy atom. The van der Waals surface area contributed by atoms with Crippen LogP contribution >= 0.6 is 0 Å². The zero-order chi connectivity index (χ0) is 9.84. The first-order valence-electron chi connectivity index (χ1n) is 4.38. The fourth-order valence-electron chi connectivity index (χ4n) is 1.42. The van der Waals surface area contributed by atoms with E-state index in [4.69, 9.17) is 5.26 Å². The summed E-state index contributed by atoms with van der Waals surface area (Å²) in [6.45, 7) is 3.81. The first-order chi connectivity index (χ1) is 6.19. The standard InChI is InChI=1S/C10H12N2O/c1-3-4-8-5-7(2)12-10(13)9(8)6-11/h5,9H,3-4H2,1-2H3. The zero-order valence-electron chi connectivity index (χ0n) is 7.87. The minimum Gasteiger partial charge on any atom is -0.271 e. The van der Waals surface area contributed by atoms with Crippen molar-refractivity contribution in [2.75, 3.05) is 0 Å². The molecule has 1 aliphatic heterocycles. The normalized spacial score (nSPS) is 21.9. The highest BCUT2D eigenvalue weighted by atomic mass is 16.1. The van der Waals surface area contributed by atoms with Crippen molar-refractivity contribution in [1.82, 2.24) is 0 Å². The van der Waals surface area contributed by atoms with Crippen LogP contribution < -0.4 is 0 Å². The summed E-state index contributed by atoms with van der Waals surface area (Å²) in [5.41, 5.74) is 1.61. The number of dihydropyridines is 1. The number of nitrogens with zero attached hydrogens (tertiary/aromatic N) is 2. The van der Waals surface area contributed by atoms with E-state index >= 15 is 0 Å². The van der Waals surface area contributed by atoms with Gasteiger partial charge < -0.3 is 0 Å². The molecule has 0 saturated carbocycles. The molecule has 0 radical (unpaired) electrons. The molecule has 13 heavy (non-hydrogen) atoms. The van der Waals surface area contributed by atoms with E-state index in [9.17, 15) is 4.79 Å². The van der Waals surface area contributed by atoms with Gasteiger partial charge in [0, 0.05) is 5.71 Å². The summed E-state index contributed by atoms with van der Waals surface area (Å²) in [7, 11) is 0. The van der Waals surface area contributed by atoms with E-state index in [1.165, 1.54) is 0 Å². The zero-order valence-corrected chi connectivity index (χ0v) is 7.87. The summed E-state index contributed by atoms with van der Waals surface area (Å²) in [4.78, 5) is 15.0. The predicted octanol–water partition coefficient (Wildman–Crippen LogP) is 1.85. The lowest BCUT2D eigenvalue weighted by atomic mass is 9.92. The van der Waals surface area contributed by atoms with Crippen molar-refractivity contribution in [3.63, 3.8) is 0 Å². The molecule has 1 aliphatic rings. The molecule has 1 amide bonds. The number of allylic oxidation sites excluding steroid dienone is 1. The molecule has 3 heteroatoms. The summed E-state index contributed by atoms with van der Waals surface area (Å²) in [6.07, 6.45) is 3.60. The Labute approximate surface area is 77.8 Å². The van der Waals surface area contributed by atoms with Gasteiger partial charge in [0.05, 0.1) is 6.07 Å². The van der Waals surface area contributed by atoms with Gasteiger partial charge >= 0.3 is 0 Å². The molecule has 0 aromatic carbocycles. The van der Waals surface area contributed by atoms with Gasteiger partial charge in [0.15, 0.2) is 0 Å². The predicted molar refractivity (Wildman–Crippen MR) is 50.2 cm³/mol. The SMILES string of the molecule is CCCC1=CC(C)=NC(=O)C1C#N. The van der Waals surface area contributed by atoms with Crippen LogP contribution in [0.15, 0.2) is 16.6 Å². The van der Waals surface area contributed by atoms with Crippen LogP contribution in [0.1, 0.15) is 26.7 Å². The Balaban J connectivity index is 2.94. The first-order valence-corrected chi connectivity index (χ1v) is 4.38. The average Bonchev–Trinajstić information content (AvgIpc) is 2.04. The van der Waals surface area contributed by atoms with Crippen LogP contribution in [0.25, 0.3) is 0 Å². The van der Waals surface area contributed by atoms with Gasteiger partial charge in [-0.3, -0.25) is 4.79 Å². The van der Waals surface area contributed by atoms with Crippen LogP contribution in [0.3, 0.4) is 0 Å². The molecule has 0 N–H and O–H groups in total. The van der Waals surface area contributed by atoms with Gasteiger partial charge in [0.1, 0.15) is 5.92 Å². The van der Waals surface area contributed by atoms with Crippen molar-refractivity contribution < 1.29 is 4.79 Å². The van der Waals surface area contributed by atoms with Crippen LogP contribution in [-0.4, -0.2) is 11.6 Å². The van der Waals surface area contributed by atoms with E-state index < -0.39 is 5.92 Å². The van der Waals surface area contributed by atoms with Crippen LogP contribution in [0.2, 0.25) is 0 Å². The lowest BCUT2D eigenvalue weighted by molar-refractivity contribution is -0.119. The molecule has 0 bridgehead atoms. The number of hydrogen-bond acceptors (Lipinski definition) is 2. The Kier molecular flexibility index (Phi) is 2.97. The van der Waals surface area contributed by atoms with Gasteiger partial charge in [0.25, 0.3) is 5.91 Å². The van der Waals surface area contributed by atoms with E-state index in [0.717, 1.165) is 18.4 Å². The molecule has 0 aromatic heterocycles. The number of carbonyl (C=O) groups is 1. The molecular weight excluding hydrogens is 164 g/mol. The minimum absolute atomic E-state index is 0.314. The third-order valence-electron chi connectivity index (χ3n) is 1.97. The average molecular weight is 176 g/mol. The maximum Gasteiger partial charge on any atom is 0.267 e. The second kappa shape index (κ2) is 3.99. The second-order valence-electron chi connectivity index (χ2n) is 3.12. The Hall–Kier alpha value is -1.43. The molecule has 1 rings (SSSR count). The van der Waals surface area contributed by atoms with Gasteiger partial charge in [-0.1, -0.05) is 13.3 Å². The lowest BCUT2D eigenvalue weighted by Gasteiger charge is -2.14. The minimum atomic E-state index is -0.636. The highest BCUT2D eigenvalue weighted by Crippen LogP contribution is 2.21. The van der Waals surface area contributed by atoms with Gasteiger partial charge in [0.2, 0.25) is 0 Å². The van der Waals surface area contributed by atoms with Crippen molar-refractivity contribution in [3.8, 4) is 6.07 Å². The monoisotopic (exact) mass is 176 g/mol. The summed E-state index contributed by atoms with van der Waals surface area (Å²) < 4.78 is 0. The fourth-order valence-corrected chi connectivity index (χ4v) is 1.42. The first kappa shape index (κ1) is 9.66. The molecule has 0 spiro atoms. The van der Waals surface area contributed by atoms with Crippen LogP contribution in [-0.2, 0) is 4.79 Å². The molecule has 0 fully saturated rings. The number of nitriles is 1. The van der Waals surface area contributed by atoms with Gasteiger partial charge in [-0.25, -0.2) is 4.99 Å². The molecule has 0 saturated heterocycles. The number of aliphatic imine (C=N–C) groups is 1. The van der Waals surface area contributed by atoms with Crippen LogP contribution in [0, 0.1) is 17.2 Å². The summed E-state index contributed by atoms with van der Waals surface area (Å²) in [6, 6.07) is 1.98. The smallest absolute Gasteiger partial charge is 0.267 e. The molecule has 1 atom stereocenters.